The van der Waals surface area contributed by atoms with Gasteiger partial charge in [-0.1, -0.05) is 54.1 Å². The number of para-hydroxylation sites is 2. The Bertz CT molecular complexity index is 1550. The van der Waals surface area contributed by atoms with Crippen LogP contribution < -0.4 is 4.90 Å². The van der Waals surface area contributed by atoms with Gasteiger partial charge in [0.2, 0.25) is 23.6 Å². The number of aromatic hydroxyl groups is 1. The van der Waals surface area contributed by atoms with Gasteiger partial charge in [0.25, 0.3) is 0 Å². The number of phenols is 1. The number of rotatable bonds is 4. The Hall–Kier alpha value is -4.53. The molecule has 0 aromatic heterocycles. The third-order valence-corrected chi connectivity index (χ3v) is 9.47. The molecule has 0 radical (unpaired) electrons. The van der Waals surface area contributed by atoms with Crippen molar-refractivity contribution in [2.75, 3.05) is 12.0 Å². The Morgan fingerprint density at radius 3 is 2.46 bits per heavy atom. The molecule has 6 atom stereocenters. The Morgan fingerprint density at radius 2 is 1.78 bits per heavy atom. The number of anilines is 1. The van der Waals surface area contributed by atoms with Crippen LogP contribution in [0.25, 0.3) is 0 Å². The van der Waals surface area contributed by atoms with Crippen molar-refractivity contribution in [1.29, 1.82) is 0 Å². The van der Waals surface area contributed by atoms with E-state index < -0.39 is 58.8 Å². The van der Waals surface area contributed by atoms with Gasteiger partial charge >= 0.3 is 6.09 Å². The van der Waals surface area contributed by atoms with Crippen molar-refractivity contribution in [2.24, 2.45) is 29.1 Å². The van der Waals surface area contributed by atoms with Crippen LogP contribution in [0.3, 0.4) is 0 Å². The molecule has 3 fully saturated rings. The second-order valence-electron chi connectivity index (χ2n) is 11.3. The molecule has 2 saturated heterocycles. The number of amides is 5. The average molecular weight is 555 g/mol. The van der Waals surface area contributed by atoms with E-state index in [4.69, 9.17) is 4.74 Å². The van der Waals surface area contributed by atoms with Crippen molar-refractivity contribution in [1.82, 2.24) is 4.90 Å². The lowest BCUT2D eigenvalue weighted by atomic mass is 9.51. The summed E-state index contributed by atoms with van der Waals surface area (Å²) in [7, 11) is 1.11. The molecule has 4 aliphatic rings. The summed E-state index contributed by atoms with van der Waals surface area (Å²) in [6, 6.07) is 14.0. The Morgan fingerprint density at radius 1 is 1.05 bits per heavy atom. The minimum atomic E-state index is -1.28. The lowest BCUT2D eigenvalue weighted by molar-refractivity contribution is -0.138. The molecule has 6 unspecified atom stereocenters. The zero-order chi connectivity index (χ0) is 29.2. The van der Waals surface area contributed by atoms with Gasteiger partial charge in [0.05, 0.1) is 36.0 Å². The fourth-order valence-corrected chi connectivity index (χ4v) is 7.62. The van der Waals surface area contributed by atoms with Gasteiger partial charge in [0.1, 0.15) is 5.75 Å². The molecule has 9 heteroatoms. The topological polar surface area (TPSA) is 121 Å². The van der Waals surface area contributed by atoms with Crippen LogP contribution in [-0.2, 0) is 30.3 Å². The SMILES string of the molecule is C=CCc1cccc(C2C3=CCC4C(=O)N(C(=O)OC)C(=O)C4C3CC3C(=O)N(c4ccccc4)C(=O)C32C)c1O. The van der Waals surface area contributed by atoms with Gasteiger partial charge in [-0.25, -0.2) is 9.69 Å². The second kappa shape index (κ2) is 9.54. The minimum Gasteiger partial charge on any atom is -0.507 e. The second-order valence-corrected chi connectivity index (χ2v) is 11.3. The van der Waals surface area contributed by atoms with Crippen LogP contribution >= 0.6 is 0 Å². The number of ether oxygens (including phenoxy) is 1. The highest BCUT2D eigenvalue weighted by Gasteiger charge is 2.68. The van der Waals surface area contributed by atoms with Gasteiger partial charge in [-0.2, -0.15) is 4.90 Å². The van der Waals surface area contributed by atoms with Crippen LogP contribution in [0.15, 0.2) is 72.8 Å². The van der Waals surface area contributed by atoms with E-state index in [9.17, 15) is 29.1 Å². The van der Waals surface area contributed by atoms with Crippen molar-refractivity contribution in [3.8, 4) is 5.75 Å². The number of phenolic OH excluding ortho intramolecular Hbond substituents is 1. The van der Waals surface area contributed by atoms with Gasteiger partial charge in [0, 0.05) is 11.5 Å². The molecule has 2 aliphatic carbocycles. The quantitative estimate of drug-likeness (QED) is 0.446. The van der Waals surface area contributed by atoms with E-state index in [1.165, 1.54) is 4.90 Å². The Labute approximate surface area is 237 Å². The van der Waals surface area contributed by atoms with Gasteiger partial charge < -0.3 is 9.84 Å². The first-order valence-corrected chi connectivity index (χ1v) is 13.7. The molecule has 210 valence electrons. The molecule has 2 aromatic rings. The van der Waals surface area contributed by atoms with Crippen molar-refractivity contribution in [2.45, 2.75) is 32.1 Å². The highest BCUT2D eigenvalue weighted by Crippen LogP contribution is 2.64. The number of benzene rings is 2. The highest BCUT2D eigenvalue weighted by atomic mass is 16.5. The van der Waals surface area contributed by atoms with Gasteiger partial charge in [-0.05, 0) is 49.8 Å². The lowest BCUT2D eigenvalue weighted by Crippen LogP contribution is -2.49. The summed E-state index contributed by atoms with van der Waals surface area (Å²) in [5.74, 6) is -5.91. The smallest absolute Gasteiger partial charge is 0.423 e. The number of methoxy groups -OCH3 is 1. The Kier molecular flexibility index (Phi) is 6.21. The normalized spacial score (nSPS) is 30.5. The van der Waals surface area contributed by atoms with E-state index in [2.05, 4.69) is 6.58 Å². The first-order valence-electron chi connectivity index (χ1n) is 13.7. The molecular weight excluding hydrogens is 524 g/mol. The maximum Gasteiger partial charge on any atom is 0.423 e. The number of nitrogens with zero attached hydrogens (tertiary/aromatic N) is 2. The Balaban J connectivity index is 1.54. The summed E-state index contributed by atoms with van der Waals surface area (Å²) in [6.07, 6.45) is 3.23. The zero-order valence-electron chi connectivity index (χ0n) is 22.8. The van der Waals surface area contributed by atoms with Crippen LogP contribution in [-0.4, -0.2) is 46.8 Å². The third kappa shape index (κ3) is 3.57. The summed E-state index contributed by atoms with van der Waals surface area (Å²) in [6.45, 7) is 5.54. The molecule has 1 N–H and O–H groups in total. The van der Waals surface area contributed by atoms with E-state index in [-0.39, 0.29) is 24.5 Å². The fourth-order valence-electron chi connectivity index (χ4n) is 7.62. The zero-order valence-corrected chi connectivity index (χ0v) is 22.8. The largest absolute Gasteiger partial charge is 0.507 e. The van der Waals surface area contributed by atoms with E-state index in [1.54, 1.807) is 61.5 Å². The first-order chi connectivity index (χ1) is 19.7. The number of likely N-dealkylation sites (tertiary alicyclic amines) is 1. The molecule has 0 spiro atoms. The third-order valence-electron chi connectivity index (χ3n) is 9.47. The molecule has 5 amide bonds. The molecular formula is C32H30N2O7. The van der Waals surface area contributed by atoms with E-state index >= 15 is 0 Å². The monoisotopic (exact) mass is 554 g/mol. The predicted molar refractivity (Wildman–Crippen MR) is 147 cm³/mol. The molecule has 6 rings (SSSR count). The predicted octanol–water partition coefficient (Wildman–Crippen LogP) is 4.12. The van der Waals surface area contributed by atoms with Crippen molar-refractivity contribution in [3.63, 3.8) is 0 Å². The molecule has 2 aliphatic heterocycles. The molecule has 2 aromatic carbocycles. The number of hydrogen-bond acceptors (Lipinski definition) is 7. The van der Waals surface area contributed by atoms with Gasteiger partial charge in [-0.15, -0.1) is 6.58 Å². The number of allylic oxidation sites excluding steroid dienone is 3. The standard InChI is InChI=1S/C32H30N2O7/c1-4-9-17-10-8-13-21(26(17)35)25-19-14-15-20-24(29(38)34(27(20)36)31(40)41-3)22(19)16-23-28(37)33(30(39)32(23,25)2)18-11-6-5-7-12-18/h4-8,10-14,20,22-25,35H,1,9,15-16H2,2-3H3. The van der Waals surface area contributed by atoms with Crippen LogP contribution in [0.2, 0.25) is 0 Å². The summed E-state index contributed by atoms with van der Waals surface area (Å²) in [5, 5.41) is 11.5. The van der Waals surface area contributed by atoms with Gasteiger partial charge in [-0.3, -0.25) is 19.2 Å². The maximum absolute atomic E-state index is 14.4. The molecule has 41 heavy (non-hydrogen) atoms. The van der Waals surface area contributed by atoms with Crippen LogP contribution in [0.4, 0.5) is 10.5 Å². The van der Waals surface area contributed by atoms with Crippen molar-refractivity contribution in [3.05, 3.63) is 84.0 Å². The molecule has 0 bridgehead atoms. The number of hydrogen-bond donors (Lipinski definition) is 1. The first kappa shape index (κ1) is 26.7. The summed E-state index contributed by atoms with van der Waals surface area (Å²) < 4.78 is 4.72. The summed E-state index contributed by atoms with van der Waals surface area (Å²) >= 11 is 0. The highest BCUT2D eigenvalue weighted by molar-refractivity contribution is 6.24. The van der Waals surface area contributed by atoms with E-state index in [1.807, 2.05) is 6.08 Å². The van der Waals surface area contributed by atoms with Crippen molar-refractivity contribution < 1.29 is 33.8 Å². The minimum absolute atomic E-state index is 0.00414. The van der Waals surface area contributed by atoms with Crippen LogP contribution in [0.5, 0.6) is 5.75 Å². The molecule has 9 nitrogen and oxygen atoms in total. The van der Waals surface area contributed by atoms with Crippen LogP contribution in [0.1, 0.15) is 36.8 Å². The number of carbonyl (C=O) groups excluding carboxylic acids is 5. The van der Waals surface area contributed by atoms with Crippen molar-refractivity contribution >= 4 is 35.4 Å². The summed E-state index contributed by atoms with van der Waals surface area (Å²) in [5.41, 5.74) is 0.985. The average Bonchev–Trinajstić information content (AvgIpc) is 3.34. The number of fused-ring (bicyclic) bond motifs is 4. The van der Waals surface area contributed by atoms with Gasteiger partial charge in [0.15, 0.2) is 0 Å². The molecule has 1 saturated carbocycles. The number of carbonyl (C=O) groups is 5. The fraction of sp³-hybridized carbons (Fsp3) is 0.344. The maximum atomic E-state index is 14.4. The van der Waals surface area contributed by atoms with E-state index in [0.717, 1.165) is 12.7 Å². The summed E-state index contributed by atoms with van der Waals surface area (Å²) in [4.78, 5) is 69.4. The van der Waals surface area contributed by atoms with Crippen LogP contribution in [0, 0.1) is 29.1 Å². The van der Waals surface area contributed by atoms with E-state index in [0.29, 0.717) is 28.1 Å². The molecule has 2 heterocycles. The number of imide groups is 4. The lowest BCUT2D eigenvalue weighted by Gasteiger charge is -2.49.